The number of aliphatic carboxylic acids is 1. The van der Waals surface area contributed by atoms with E-state index in [0.29, 0.717) is 0 Å². The zero-order chi connectivity index (χ0) is 17.4. The minimum atomic E-state index is -0.956. The molecule has 1 saturated carbocycles. The number of carboxylic acids is 1. The van der Waals surface area contributed by atoms with Crippen molar-refractivity contribution in [3.8, 4) is 0 Å². The van der Waals surface area contributed by atoms with E-state index in [4.69, 9.17) is 21.8 Å². The minimum Gasteiger partial charge on any atom is -0.478 e. The zero-order valence-corrected chi connectivity index (χ0v) is 14.6. The van der Waals surface area contributed by atoms with Gasteiger partial charge in [-0.3, -0.25) is 0 Å². The van der Waals surface area contributed by atoms with Crippen molar-refractivity contribution in [2.24, 2.45) is 0 Å². The second kappa shape index (κ2) is 6.23. The van der Waals surface area contributed by atoms with Crippen LogP contribution in [0.5, 0.6) is 0 Å². The highest BCUT2D eigenvalue weighted by molar-refractivity contribution is 6.31. The number of fused-ring (bicyclic) bond motifs is 1. The summed E-state index contributed by atoms with van der Waals surface area (Å²) in [5.41, 5.74) is 2.67. The summed E-state index contributed by atoms with van der Waals surface area (Å²) in [6, 6.07) is 7.92. The third kappa shape index (κ3) is 2.63. The van der Waals surface area contributed by atoms with Gasteiger partial charge >= 0.3 is 5.97 Å². The normalized spacial score (nSPS) is 18.4. The summed E-state index contributed by atoms with van der Waals surface area (Å²) in [5.74, 6) is -0.0424. The molecule has 1 aromatic heterocycles. The molecule has 2 N–H and O–H groups in total. The van der Waals surface area contributed by atoms with E-state index in [-0.39, 0.29) is 5.41 Å². The molecule has 25 heavy (non-hydrogen) atoms. The fourth-order valence-electron chi connectivity index (χ4n) is 3.94. The molecular weight excluding hydrogens is 338 g/mol. The number of carbonyl (C=O) groups is 1. The topological polar surface area (TPSA) is 67.1 Å². The highest BCUT2D eigenvalue weighted by Crippen LogP contribution is 2.52. The van der Waals surface area contributed by atoms with Crippen LogP contribution in [0.1, 0.15) is 42.5 Å². The summed E-state index contributed by atoms with van der Waals surface area (Å²) in [6.07, 6.45) is 6.93. The predicted molar refractivity (Wildman–Crippen MR) is 98.1 cm³/mol. The number of rotatable bonds is 4. The van der Waals surface area contributed by atoms with E-state index in [0.717, 1.165) is 66.4 Å². The average molecular weight is 358 g/mol. The van der Waals surface area contributed by atoms with Crippen LogP contribution in [0.2, 0.25) is 5.02 Å². The first-order valence-corrected chi connectivity index (χ1v) is 9.01. The van der Waals surface area contributed by atoms with Crippen LogP contribution < -0.4 is 5.32 Å². The molecule has 1 aliphatic heterocycles. The molecule has 1 aromatic carbocycles. The molecule has 0 amide bonds. The van der Waals surface area contributed by atoms with E-state index >= 15 is 0 Å². The predicted octanol–water partition coefficient (Wildman–Crippen LogP) is 3.92. The third-order valence-electron chi connectivity index (χ3n) is 5.27. The molecule has 4 rings (SSSR count). The number of hydrogen-bond acceptors (Lipinski definition) is 3. The molecule has 2 heterocycles. The molecule has 0 atom stereocenters. The van der Waals surface area contributed by atoms with E-state index < -0.39 is 5.97 Å². The Morgan fingerprint density at radius 3 is 2.80 bits per heavy atom. The molecule has 0 unspecified atom stereocenters. The molecule has 1 aliphatic carbocycles. The quantitative estimate of drug-likeness (QED) is 0.814. The van der Waals surface area contributed by atoms with Gasteiger partial charge in [-0.2, -0.15) is 5.10 Å². The summed E-state index contributed by atoms with van der Waals surface area (Å²) < 4.78 is 1.97. The Hall–Kier alpha value is -2.27. The number of anilines is 1. The van der Waals surface area contributed by atoms with Gasteiger partial charge in [0.1, 0.15) is 5.82 Å². The largest absolute Gasteiger partial charge is 0.478 e. The van der Waals surface area contributed by atoms with Gasteiger partial charge in [-0.15, -0.1) is 0 Å². The minimum absolute atomic E-state index is 0.234. The maximum absolute atomic E-state index is 11.1. The van der Waals surface area contributed by atoms with E-state index in [1.807, 2.05) is 22.9 Å². The number of aromatic nitrogens is 2. The van der Waals surface area contributed by atoms with Gasteiger partial charge in [0.05, 0.1) is 5.69 Å². The van der Waals surface area contributed by atoms with Crippen LogP contribution in [0.4, 0.5) is 5.82 Å². The molecule has 2 aliphatic rings. The first-order valence-electron chi connectivity index (χ1n) is 8.63. The van der Waals surface area contributed by atoms with E-state index in [1.165, 1.54) is 6.08 Å². The lowest BCUT2D eigenvalue weighted by Crippen LogP contribution is -2.37. The van der Waals surface area contributed by atoms with Crippen LogP contribution in [0.25, 0.3) is 6.08 Å². The van der Waals surface area contributed by atoms with Crippen LogP contribution in [0.15, 0.2) is 30.3 Å². The number of hydrogen-bond donors (Lipinski definition) is 2. The van der Waals surface area contributed by atoms with Crippen molar-refractivity contribution >= 4 is 29.5 Å². The molecule has 0 radical (unpaired) electrons. The van der Waals surface area contributed by atoms with Crippen molar-refractivity contribution in [3.05, 3.63) is 52.2 Å². The number of carboxylic acid groups (broad SMARTS) is 1. The summed E-state index contributed by atoms with van der Waals surface area (Å²) in [5, 5.41) is 18.1. The third-order valence-corrected chi connectivity index (χ3v) is 5.60. The second-order valence-electron chi connectivity index (χ2n) is 6.70. The van der Waals surface area contributed by atoms with Crippen molar-refractivity contribution in [2.45, 2.75) is 37.6 Å². The molecule has 0 bridgehead atoms. The summed E-state index contributed by atoms with van der Waals surface area (Å²) in [6.45, 7) is 1.72. The lowest BCUT2D eigenvalue weighted by molar-refractivity contribution is -0.131. The zero-order valence-electron chi connectivity index (χ0n) is 13.8. The SMILES string of the molecule is O=C(O)/C=C/c1c(C2(c3ccccc3Cl)CCC2)nn2c1NCCC2. The first kappa shape index (κ1) is 16.2. The van der Waals surface area contributed by atoms with Gasteiger partial charge in [-0.05, 0) is 37.0 Å². The average Bonchev–Trinajstić information content (AvgIpc) is 2.92. The maximum Gasteiger partial charge on any atom is 0.328 e. The molecule has 1 fully saturated rings. The highest BCUT2D eigenvalue weighted by Gasteiger charge is 2.46. The van der Waals surface area contributed by atoms with Crippen molar-refractivity contribution in [1.29, 1.82) is 0 Å². The Balaban J connectivity index is 1.90. The fourth-order valence-corrected chi connectivity index (χ4v) is 4.26. The van der Waals surface area contributed by atoms with Crippen molar-refractivity contribution < 1.29 is 9.90 Å². The van der Waals surface area contributed by atoms with Gasteiger partial charge in [0.25, 0.3) is 0 Å². The number of nitrogens with zero attached hydrogens (tertiary/aromatic N) is 2. The van der Waals surface area contributed by atoms with Gasteiger partial charge in [-0.25, -0.2) is 9.48 Å². The van der Waals surface area contributed by atoms with Gasteiger partial charge in [-0.1, -0.05) is 36.2 Å². The van der Waals surface area contributed by atoms with Crippen molar-refractivity contribution in [1.82, 2.24) is 9.78 Å². The van der Waals surface area contributed by atoms with Crippen LogP contribution in [-0.2, 0) is 16.8 Å². The Morgan fingerprint density at radius 2 is 2.12 bits per heavy atom. The highest BCUT2D eigenvalue weighted by atomic mass is 35.5. The van der Waals surface area contributed by atoms with Gasteiger partial charge in [0.15, 0.2) is 0 Å². The second-order valence-corrected chi connectivity index (χ2v) is 7.11. The molecule has 130 valence electrons. The van der Waals surface area contributed by atoms with E-state index in [1.54, 1.807) is 6.08 Å². The van der Waals surface area contributed by atoms with E-state index in [2.05, 4.69) is 11.4 Å². The standard InChI is InChI=1S/C19H20ClN3O2/c20-15-6-2-1-5-14(15)19(9-3-10-19)17-13(7-8-16(24)25)18-21-11-4-12-23(18)22-17/h1-2,5-8,21H,3-4,9-12H2,(H,24,25)/b8-7+. The van der Waals surface area contributed by atoms with Crippen LogP contribution in [0, 0.1) is 0 Å². The fraction of sp³-hybridized carbons (Fsp3) is 0.368. The molecule has 6 heteroatoms. The Morgan fingerprint density at radius 1 is 1.32 bits per heavy atom. The van der Waals surface area contributed by atoms with Crippen LogP contribution >= 0.6 is 11.6 Å². The Kier molecular flexibility index (Phi) is 4.04. The van der Waals surface area contributed by atoms with Gasteiger partial charge < -0.3 is 10.4 Å². The summed E-state index contributed by atoms with van der Waals surface area (Å²) in [7, 11) is 0. The maximum atomic E-state index is 11.1. The van der Waals surface area contributed by atoms with Crippen LogP contribution in [0.3, 0.4) is 0 Å². The molecule has 2 aromatic rings. The molecule has 0 spiro atoms. The summed E-state index contributed by atoms with van der Waals surface area (Å²) >= 11 is 6.52. The smallest absolute Gasteiger partial charge is 0.328 e. The lowest BCUT2D eigenvalue weighted by Gasteiger charge is -2.42. The van der Waals surface area contributed by atoms with E-state index in [9.17, 15) is 4.79 Å². The Bertz CT molecular complexity index is 852. The van der Waals surface area contributed by atoms with Gasteiger partial charge in [0, 0.05) is 35.2 Å². The first-order chi connectivity index (χ1) is 12.1. The molecule has 0 saturated heterocycles. The number of aryl methyl sites for hydroxylation is 1. The van der Waals surface area contributed by atoms with Gasteiger partial charge in [0.2, 0.25) is 0 Å². The number of nitrogens with one attached hydrogen (secondary N) is 1. The monoisotopic (exact) mass is 357 g/mol. The summed E-state index contributed by atoms with van der Waals surface area (Å²) in [4.78, 5) is 11.1. The van der Waals surface area contributed by atoms with Crippen LogP contribution in [-0.4, -0.2) is 27.4 Å². The van der Waals surface area contributed by atoms with Crippen molar-refractivity contribution in [3.63, 3.8) is 0 Å². The lowest BCUT2D eigenvalue weighted by atomic mass is 9.61. The molecular formula is C19H20ClN3O2. The number of benzene rings is 1. The Labute approximate surface area is 151 Å². The molecule has 5 nitrogen and oxygen atoms in total. The number of halogens is 1. The van der Waals surface area contributed by atoms with Crippen molar-refractivity contribution in [2.75, 3.05) is 11.9 Å².